The molecule has 1 unspecified atom stereocenters. The molecule has 1 aromatic carbocycles. The van der Waals surface area contributed by atoms with Crippen LogP contribution in [-0.4, -0.2) is 36.7 Å². The number of hydrogen-bond acceptors (Lipinski definition) is 3. The fourth-order valence-corrected chi connectivity index (χ4v) is 2.39. The van der Waals surface area contributed by atoms with Crippen molar-refractivity contribution in [2.24, 2.45) is 4.99 Å². The summed E-state index contributed by atoms with van der Waals surface area (Å²) in [5.74, 6) is 0.977. The summed E-state index contributed by atoms with van der Waals surface area (Å²) in [4.78, 5) is 8.71. The zero-order valence-electron chi connectivity index (χ0n) is 15.4. The normalized spacial score (nSPS) is 12.5. The van der Waals surface area contributed by atoms with Crippen LogP contribution < -0.4 is 15.4 Å². The van der Waals surface area contributed by atoms with Gasteiger partial charge in [0.15, 0.2) is 5.96 Å². The van der Waals surface area contributed by atoms with Crippen LogP contribution in [0.2, 0.25) is 0 Å². The third-order valence-electron chi connectivity index (χ3n) is 3.78. The fraction of sp³-hybridized carbons (Fsp3) is 0.400. The number of guanidine groups is 1. The van der Waals surface area contributed by atoms with Crippen LogP contribution in [0.15, 0.2) is 53.8 Å². The Kier molecular flexibility index (Phi) is 8.39. The highest BCUT2D eigenvalue weighted by molar-refractivity contribution is 5.79. The highest BCUT2D eigenvalue weighted by atomic mass is 19.1. The smallest absolute Gasteiger partial charge is 0.191 e. The lowest BCUT2D eigenvalue weighted by Crippen LogP contribution is -2.39. The zero-order chi connectivity index (χ0) is 18.6. The van der Waals surface area contributed by atoms with Crippen LogP contribution in [0.5, 0.6) is 5.75 Å². The van der Waals surface area contributed by atoms with Gasteiger partial charge in [0.2, 0.25) is 0 Å². The van der Waals surface area contributed by atoms with Crippen molar-refractivity contribution in [2.75, 3.05) is 19.6 Å². The van der Waals surface area contributed by atoms with Crippen molar-refractivity contribution >= 4 is 5.96 Å². The van der Waals surface area contributed by atoms with Gasteiger partial charge in [0.05, 0.1) is 6.54 Å². The predicted molar refractivity (Wildman–Crippen MR) is 103 cm³/mol. The molecule has 0 aliphatic rings. The molecule has 0 spiro atoms. The molecule has 26 heavy (non-hydrogen) atoms. The standard InChI is InChI=1S/C20H27FN4O/c1-3-18(26-19-9-5-8-17(21)13-19)15-25-20(23-4-2)24-12-10-16-7-6-11-22-14-16/h5-9,11,13-14,18H,3-4,10,12,15H2,1-2H3,(H2,23,24,25). The highest BCUT2D eigenvalue weighted by Crippen LogP contribution is 2.15. The Morgan fingerprint density at radius 1 is 1.23 bits per heavy atom. The zero-order valence-corrected chi connectivity index (χ0v) is 15.4. The number of ether oxygens (including phenoxy) is 1. The molecule has 1 heterocycles. The van der Waals surface area contributed by atoms with Crippen LogP contribution in [-0.2, 0) is 6.42 Å². The first-order valence-electron chi connectivity index (χ1n) is 9.04. The molecule has 2 N–H and O–H groups in total. The monoisotopic (exact) mass is 358 g/mol. The first kappa shape index (κ1) is 19.7. The largest absolute Gasteiger partial charge is 0.488 e. The number of benzene rings is 1. The van der Waals surface area contributed by atoms with Crippen molar-refractivity contribution in [1.29, 1.82) is 0 Å². The number of hydrogen-bond donors (Lipinski definition) is 2. The molecule has 5 nitrogen and oxygen atoms in total. The van der Waals surface area contributed by atoms with Crippen molar-refractivity contribution in [2.45, 2.75) is 32.8 Å². The van der Waals surface area contributed by atoms with Gasteiger partial charge in [-0.3, -0.25) is 4.98 Å². The third-order valence-corrected chi connectivity index (χ3v) is 3.78. The van der Waals surface area contributed by atoms with Gasteiger partial charge in [0.1, 0.15) is 17.7 Å². The van der Waals surface area contributed by atoms with Crippen LogP contribution in [0.4, 0.5) is 4.39 Å². The van der Waals surface area contributed by atoms with Gasteiger partial charge in [-0.25, -0.2) is 9.38 Å². The summed E-state index contributed by atoms with van der Waals surface area (Å²) in [5, 5.41) is 6.55. The SMILES string of the molecule is CCNC(=NCC(CC)Oc1cccc(F)c1)NCCc1cccnc1. The second kappa shape index (κ2) is 11.1. The van der Waals surface area contributed by atoms with Gasteiger partial charge in [-0.15, -0.1) is 0 Å². The maximum Gasteiger partial charge on any atom is 0.191 e. The van der Waals surface area contributed by atoms with Gasteiger partial charge in [-0.2, -0.15) is 0 Å². The summed E-state index contributed by atoms with van der Waals surface area (Å²) in [5.41, 5.74) is 1.18. The maximum absolute atomic E-state index is 13.3. The molecule has 0 fully saturated rings. The number of halogens is 1. The number of nitrogens with zero attached hydrogens (tertiary/aromatic N) is 2. The minimum absolute atomic E-state index is 0.106. The number of nitrogens with one attached hydrogen (secondary N) is 2. The molecule has 0 amide bonds. The maximum atomic E-state index is 13.3. The Balaban J connectivity index is 1.86. The molecular formula is C20H27FN4O. The summed E-state index contributed by atoms with van der Waals surface area (Å²) in [7, 11) is 0. The Hall–Kier alpha value is -2.63. The van der Waals surface area contributed by atoms with Crippen molar-refractivity contribution in [1.82, 2.24) is 15.6 Å². The van der Waals surface area contributed by atoms with Crippen molar-refractivity contribution in [3.05, 3.63) is 60.2 Å². The summed E-state index contributed by atoms with van der Waals surface area (Å²) in [6.45, 7) is 6.09. The predicted octanol–water partition coefficient (Wildman–Crippen LogP) is 3.18. The molecule has 0 aliphatic heterocycles. The molecule has 6 heteroatoms. The van der Waals surface area contributed by atoms with Gasteiger partial charge in [0, 0.05) is 31.5 Å². The van der Waals surface area contributed by atoms with E-state index in [0.29, 0.717) is 12.3 Å². The van der Waals surface area contributed by atoms with Crippen LogP contribution >= 0.6 is 0 Å². The van der Waals surface area contributed by atoms with Crippen LogP contribution in [0, 0.1) is 5.82 Å². The lowest BCUT2D eigenvalue weighted by molar-refractivity contribution is 0.205. The molecule has 0 radical (unpaired) electrons. The fourth-order valence-electron chi connectivity index (χ4n) is 2.39. The second-order valence-corrected chi connectivity index (χ2v) is 5.86. The van der Waals surface area contributed by atoms with Crippen LogP contribution in [0.3, 0.4) is 0 Å². The van der Waals surface area contributed by atoms with E-state index in [9.17, 15) is 4.39 Å². The van der Waals surface area contributed by atoms with E-state index in [1.165, 1.54) is 17.7 Å². The summed E-state index contributed by atoms with van der Waals surface area (Å²) < 4.78 is 19.1. The second-order valence-electron chi connectivity index (χ2n) is 5.86. The van der Waals surface area contributed by atoms with Gasteiger partial charge < -0.3 is 15.4 Å². The number of rotatable bonds is 9. The minimum atomic E-state index is -0.300. The number of pyridine rings is 1. The highest BCUT2D eigenvalue weighted by Gasteiger charge is 2.09. The van der Waals surface area contributed by atoms with Crippen molar-refractivity contribution in [3.8, 4) is 5.75 Å². The topological polar surface area (TPSA) is 58.5 Å². The van der Waals surface area contributed by atoms with E-state index >= 15 is 0 Å². The third kappa shape index (κ3) is 7.09. The molecule has 2 rings (SSSR count). The summed E-state index contributed by atoms with van der Waals surface area (Å²) in [6.07, 6.45) is 5.19. The molecule has 0 saturated heterocycles. The van der Waals surface area contributed by atoms with E-state index in [0.717, 1.165) is 31.9 Å². The van der Waals surface area contributed by atoms with Gasteiger partial charge >= 0.3 is 0 Å². The Morgan fingerprint density at radius 2 is 2.12 bits per heavy atom. The Labute approximate surface area is 154 Å². The molecular weight excluding hydrogens is 331 g/mol. The van der Waals surface area contributed by atoms with Gasteiger partial charge in [-0.1, -0.05) is 19.1 Å². The first-order valence-corrected chi connectivity index (χ1v) is 9.04. The van der Waals surface area contributed by atoms with Crippen LogP contribution in [0.25, 0.3) is 0 Å². The average Bonchev–Trinajstić information content (AvgIpc) is 2.66. The molecule has 2 aromatic rings. The van der Waals surface area contributed by atoms with Crippen molar-refractivity contribution in [3.63, 3.8) is 0 Å². The van der Waals surface area contributed by atoms with E-state index in [-0.39, 0.29) is 11.9 Å². The molecule has 1 atom stereocenters. The molecule has 140 valence electrons. The molecule has 0 bridgehead atoms. The quantitative estimate of drug-likeness (QED) is 0.534. The molecule has 1 aromatic heterocycles. The average molecular weight is 358 g/mol. The lowest BCUT2D eigenvalue weighted by atomic mass is 10.2. The van der Waals surface area contributed by atoms with Crippen LogP contribution in [0.1, 0.15) is 25.8 Å². The first-order chi connectivity index (χ1) is 12.7. The van der Waals surface area contributed by atoms with E-state index in [1.807, 2.05) is 26.1 Å². The van der Waals surface area contributed by atoms with E-state index in [4.69, 9.17) is 4.74 Å². The Bertz CT molecular complexity index is 679. The molecule has 0 saturated carbocycles. The summed E-state index contributed by atoms with van der Waals surface area (Å²) >= 11 is 0. The van der Waals surface area contributed by atoms with E-state index in [2.05, 4.69) is 26.7 Å². The van der Waals surface area contributed by atoms with Gasteiger partial charge in [-0.05, 0) is 43.5 Å². The number of aromatic nitrogens is 1. The van der Waals surface area contributed by atoms with E-state index < -0.39 is 0 Å². The summed E-state index contributed by atoms with van der Waals surface area (Å²) in [6, 6.07) is 10.2. The molecule has 0 aliphatic carbocycles. The minimum Gasteiger partial charge on any atom is -0.488 e. The van der Waals surface area contributed by atoms with Crippen molar-refractivity contribution < 1.29 is 9.13 Å². The Morgan fingerprint density at radius 3 is 2.81 bits per heavy atom. The number of aliphatic imine (C=N–C) groups is 1. The van der Waals surface area contributed by atoms with Gasteiger partial charge in [0.25, 0.3) is 0 Å². The van der Waals surface area contributed by atoms with E-state index in [1.54, 1.807) is 18.3 Å². The lowest BCUT2D eigenvalue weighted by Gasteiger charge is -2.17.